The average Bonchev–Trinajstić information content (AvgIpc) is 2.29. The van der Waals surface area contributed by atoms with Crippen molar-refractivity contribution in [2.45, 2.75) is 11.8 Å². The van der Waals surface area contributed by atoms with Crippen molar-refractivity contribution in [1.82, 2.24) is 4.89 Å². The van der Waals surface area contributed by atoms with E-state index in [4.69, 9.17) is 9.57 Å². The number of ether oxygens (including phenoxy) is 1. The molecule has 0 fully saturated rings. The smallest absolute Gasteiger partial charge is 0.263 e. The molecule has 0 unspecified atom stereocenters. The summed E-state index contributed by atoms with van der Waals surface area (Å²) in [5.41, 5.74) is 0.932. The summed E-state index contributed by atoms with van der Waals surface area (Å²) < 4.78 is 29.8. The number of hydrogen-bond donors (Lipinski definition) is 1. The highest BCUT2D eigenvalue weighted by molar-refractivity contribution is 9.11. The summed E-state index contributed by atoms with van der Waals surface area (Å²) in [6, 6.07) is 3.23. The monoisotopic (exact) mass is 401 g/mol. The van der Waals surface area contributed by atoms with Crippen LogP contribution in [0.15, 0.2) is 26.0 Å². The van der Waals surface area contributed by atoms with E-state index in [2.05, 4.69) is 31.9 Å². The minimum Gasteiger partial charge on any atom is -0.382 e. The van der Waals surface area contributed by atoms with E-state index in [9.17, 15) is 8.42 Å². The first-order chi connectivity index (χ1) is 8.38. The molecule has 0 aliphatic heterocycles. The standard InChI is InChI=1S/C10H13Br2NO4S/c1-7-5-9(12)10(6-8(7)11)18(14,15)13-17-4-3-16-2/h5-6,13H,3-4H2,1-2H3. The van der Waals surface area contributed by atoms with Crippen molar-refractivity contribution in [3.05, 3.63) is 26.6 Å². The summed E-state index contributed by atoms with van der Waals surface area (Å²) in [6.07, 6.45) is 0. The van der Waals surface area contributed by atoms with Gasteiger partial charge in [0.2, 0.25) is 0 Å². The molecule has 0 spiro atoms. The summed E-state index contributed by atoms with van der Waals surface area (Å²) in [5, 5.41) is 0. The maximum Gasteiger partial charge on any atom is 0.263 e. The molecule has 0 saturated heterocycles. The molecule has 18 heavy (non-hydrogen) atoms. The molecule has 0 aliphatic rings. The van der Waals surface area contributed by atoms with Crippen LogP contribution in [-0.2, 0) is 19.6 Å². The molecule has 0 heterocycles. The Morgan fingerprint density at radius 3 is 2.50 bits per heavy atom. The van der Waals surface area contributed by atoms with Crippen molar-refractivity contribution in [1.29, 1.82) is 0 Å². The summed E-state index contributed by atoms with van der Waals surface area (Å²) in [6.45, 7) is 2.31. The molecule has 102 valence electrons. The lowest BCUT2D eigenvalue weighted by molar-refractivity contribution is 0.0438. The zero-order chi connectivity index (χ0) is 13.8. The predicted molar refractivity (Wildman–Crippen MR) is 74.7 cm³/mol. The van der Waals surface area contributed by atoms with Crippen LogP contribution in [0.25, 0.3) is 0 Å². The van der Waals surface area contributed by atoms with Crippen molar-refractivity contribution in [2.75, 3.05) is 20.3 Å². The van der Waals surface area contributed by atoms with Gasteiger partial charge in [0.05, 0.1) is 18.1 Å². The number of methoxy groups -OCH3 is 1. The Morgan fingerprint density at radius 2 is 1.89 bits per heavy atom. The Bertz CT molecular complexity index is 519. The van der Waals surface area contributed by atoms with Crippen LogP contribution in [-0.4, -0.2) is 28.7 Å². The first-order valence-corrected chi connectivity index (χ1v) is 8.03. The zero-order valence-electron chi connectivity index (χ0n) is 9.87. The van der Waals surface area contributed by atoms with E-state index in [1.807, 2.05) is 11.8 Å². The second kappa shape index (κ2) is 6.97. The Hall–Kier alpha value is 0.01000. The van der Waals surface area contributed by atoms with Gasteiger partial charge in [0.25, 0.3) is 10.0 Å². The van der Waals surface area contributed by atoms with Crippen LogP contribution in [0, 0.1) is 6.92 Å². The molecule has 8 heteroatoms. The quantitative estimate of drug-likeness (QED) is 0.586. The molecule has 1 rings (SSSR count). The summed E-state index contributed by atoms with van der Waals surface area (Å²) in [4.78, 5) is 6.97. The molecule has 0 radical (unpaired) electrons. The molecule has 0 amide bonds. The average molecular weight is 403 g/mol. The van der Waals surface area contributed by atoms with Gasteiger partial charge in [0, 0.05) is 16.1 Å². The Labute approximate surface area is 123 Å². The van der Waals surface area contributed by atoms with Gasteiger partial charge in [-0.1, -0.05) is 20.8 Å². The van der Waals surface area contributed by atoms with Crippen LogP contribution in [0.2, 0.25) is 0 Å². The van der Waals surface area contributed by atoms with Gasteiger partial charge in [-0.25, -0.2) is 8.42 Å². The van der Waals surface area contributed by atoms with E-state index in [0.717, 1.165) is 5.56 Å². The van der Waals surface area contributed by atoms with Crippen molar-refractivity contribution in [3.8, 4) is 0 Å². The van der Waals surface area contributed by atoms with Crippen molar-refractivity contribution < 1.29 is 18.0 Å². The SMILES string of the molecule is COCCONS(=O)(=O)c1cc(Br)c(C)cc1Br. The predicted octanol–water partition coefficient (Wildman–Crippen LogP) is 2.38. The van der Waals surface area contributed by atoms with Gasteiger partial charge in [0.15, 0.2) is 0 Å². The maximum absolute atomic E-state index is 12.0. The third kappa shape index (κ3) is 4.29. The molecule has 1 aromatic carbocycles. The summed E-state index contributed by atoms with van der Waals surface area (Å²) in [7, 11) is -2.21. The topological polar surface area (TPSA) is 64.6 Å². The molecule has 0 aliphatic carbocycles. The van der Waals surface area contributed by atoms with Gasteiger partial charge in [0.1, 0.15) is 0 Å². The molecular weight excluding hydrogens is 390 g/mol. The molecule has 0 aromatic heterocycles. The van der Waals surface area contributed by atoms with Crippen molar-refractivity contribution in [3.63, 3.8) is 0 Å². The fourth-order valence-electron chi connectivity index (χ4n) is 1.12. The van der Waals surface area contributed by atoms with E-state index in [-0.39, 0.29) is 11.5 Å². The maximum atomic E-state index is 12.0. The first-order valence-electron chi connectivity index (χ1n) is 4.96. The van der Waals surface area contributed by atoms with E-state index >= 15 is 0 Å². The van der Waals surface area contributed by atoms with Crippen LogP contribution < -0.4 is 4.89 Å². The lowest BCUT2D eigenvalue weighted by atomic mass is 10.2. The van der Waals surface area contributed by atoms with Gasteiger partial charge < -0.3 is 4.74 Å². The molecule has 5 nitrogen and oxygen atoms in total. The molecule has 1 N–H and O–H groups in total. The Balaban J connectivity index is 2.88. The number of hydrogen-bond acceptors (Lipinski definition) is 4. The minimum absolute atomic E-state index is 0.109. The number of nitrogens with one attached hydrogen (secondary N) is 1. The fraction of sp³-hybridized carbons (Fsp3) is 0.400. The number of sulfonamides is 1. The van der Waals surface area contributed by atoms with Gasteiger partial charge in [-0.3, -0.25) is 4.84 Å². The highest BCUT2D eigenvalue weighted by Gasteiger charge is 2.19. The van der Waals surface area contributed by atoms with Gasteiger partial charge in [-0.2, -0.15) is 0 Å². The molecule has 1 aromatic rings. The number of aryl methyl sites for hydroxylation is 1. The van der Waals surface area contributed by atoms with Gasteiger partial charge in [-0.05, 0) is 40.5 Å². The van der Waals surface area contributed by atoms with Crippen LogP contribution in [0.3, 0.4) is 0 Å². The van der Waals surface area contributed by atoms with Gasteiger partial charge in [-0.15, -0.1) is 0 Å². The molecule has 0 bridgehead atoms. The molecule has 0 saturated carbocycles. The normalized spacial score (nSPS) is 11.8. The third-order valence-electron chi connectivity index (χ3n) is 2.06. The van der Waals surface area contributed by atoms with Crippen LogP contribution in [0.5, 0.6) is 0 Å². The lowest BCUT2D eigenvalue weighted by Crippen LogP contribution is -2.26. The van der Waals surface area contributed by atoms with E-state index < -0.39 is 10.0 Å². The largest absolute Gasteiger partial charge is 0.382 e. The second-order valence-electron chi connectivity index (χ2n) is 3.46. The van der Waals surface area contributed by atoms with E-state index in [0.29, 0.717) is 15.6 Å². The van der Waals surface area contributed by atoms with Crippen molar-refractivity contribution in [2.24, 2.45) is 0 Å². The van der Waals surface area contributed by atoms with Crippen LogP contribution in [0.1, 0.15) is 5.56 Å². The van der Waals surface area contributed by atoms with Gasteiger partial charge >= 0.3 is 0 Å². The fourth-order valence-corrected chi connectivity index (χ4v) is 3.63. The lowest BCUT2D eigenvalue weighted by Gasteiger charge is -2.10. The second-order valence-corrected chi connectivity index (χ2v) is 6.78. The molecule has 0 atom stereocenters. The number of halogens is 2. The molecular formula is C10H13Br2NO4S. The van der Waals surface area contributed by atoms with E-state index in [1.165, 1.54) is 13.2 Å². The number of rotatable bonds is 6. The number of benzene rings is 1. The highest BCUT2D eigenvalue weighted by atomic mass is 79.9. The third-order valence-corrected chi connectivity index (χ3v) is 5.09. The van der Waals surface area contributed by atoms with Crippen LogP contribution >= 0.6 is 31.9 Å². The minimum atomic E-state index is -3.72. The van der Waals surface area contributed by atoms with E-state index in [1.54, 1.807) is 6.07 Å². The van der Waals surface area contributed by atoms with Crippen LogP contribution in [0.4, 0.5) is 0 Å². The highest BCUT2D eigenvalue weighted by Crippen LogP contribution is 2.28. The van der Waals surface area contributed by atoms with Crippen molar-refractivity contribution >= 4 is 41.9 Å². The summed E-state index contributed by atoms with van der Waals surface area (Å²) >= 11 is 6.51. The Morgan fingerprint density at radius 1 is 1.22 bits per heavy atom. The Kier molecular flexibility index (Phi) is 6.22. The first kappa shape index (κ1) is 16.1. The zero-order valence-corrected chi connectivity index (χ0v) is 13.9. The summed E-state index contributed by atoms with van der Waals surface area (Å²) in [5.74, 6) is 0.